The van der Waals surface area contributed by atoms with Crippen molar-refractivity contribution in [2.75, 3.05) is 20.1 Å². The summed E-state index contributed by atoms with van der Waals surface area (Å²) in [5.74, 6) is 0.880. The fourth-order valence-electron chi connectivity index (χ4n) is 2.59. The molecule has 0 amide bonds. The van der Waals surface area contributed by atoms with Gasteiger partial charge in [0.05, 0.1) is 10.7 Å². The summed E-state index contributed by atoms with van der Waals surface area (Å²) >= 11 is 3.73. The molecule has 0 atom stereocenters. The summed E-state index contributed by atoms with van der Waals surface area (Å²) in [7, 11) is 1.83. The van der Waals surface area contributed by atoms with Gasteiger partial charge in [0.1, 0.15) is 0 Å². The van der Waals surface area contributed by atoms with Crippen LogP contribution in [-0.4, -0.2) is 35.8 Å². The maximum absolute atomic E-state index is 4.61. The number of rotatable bonds is 8. The first-order valence-corrected chi connectivity index (χ1v) is 10.5. The smallest absolute Gasteiger partial charge is 0.191 e. The Hall–Kier alpha value is -0.800. The number of guanidine groups is 1. The minimum atomic E-state index is 0. The van der Waals surface area contributed by atoms with Gasteiger partial charge in [-0.3, -0.25) is 4.99 Å². The summed E-state index contributed by atoms with van der Waals surface area (Å²) in [6, 6.07) is 10.7. The first-order valence-electron chi connectivity index (χ1n) is 8.85. The lowest BCUT2D eigenvalue weighted by Gasteiger charge is -2.18. The first-order chi connectivity index (χ1) is 12.2. The first kappa shape index (κ1) is 21.5. The van der Waals surface area contributed by atoms with Crippen molar-refractivity contribution in [1.82, 2.24) is 15.6 Å². The fourth-order valence-corrected chi connectivity index (χ4v) is 4.62. The fraction of sp³-hybridized carbons (Fsp3) is 0.474. The topological polar surface area (TPSA) is 49.3 Å². The minimum absolute atomic E-state index is 0. The Bertz CT molecular complexity index is 699. The van der Waals surface area contributed by atoms with E-state index in [-0.39, 0.29) is 24.0 Å². The molecular formula is C19H27IN4S2. The van der Waals surface area contributed by atoms with Gasteiger partial charge in [-0.05, 0) is 31.4 Å². The van der Waals surface area contributed by atoms with Crippen molar-refractivity contribution in [2.24, 2.45) is 4.99 Å². The normalized spacial score (nSPS) is 15.2. The van der Waals surface area contributed by atoms with Crippen LogP contribution < -0.4 is 10.6 Å². The molecule has 1 aliphatic carbocycles. The van der Waals surface area contributed by atoms with Gasteiger partial charge in [0.25, 0.3) is 0 Å². The summed E-state index contributed by atoms with van der Waals surface area (Å²) in [5.41, 5.74) is 1.17. The summed E-state index contributed by atoms with van der Waals surface area (Å²) in [6.45, 7) is 3.95. The van der Waals surface area contributed by atoms with Crippen molar-refractivity contribution in [2.45, 2.75) is 42.2 Å². The van der Waals surface area contributed by atoms with E-state index in [0.29, 0.717) is 4.75 Å². The van der Waals surface area contributed by atoms with Gasteiger partial charge >= 0.3 is 0 Å². The number of hydrogen-bond donors (Lipinski definition) is 2. The average Bonchev–Trinajstić information content (AvgIpc) is 3.25. The minimum Gasteiger partial charge on any atom is -0.356 e. The third-order valence-corrected chi connectivity index (χ3v) is 6.80. The van der Waals surface area contributed by atoms with E-state index in [1.165, 1.54) is 28.4 Å². The van der Waals surface area contributed by atoms with Crippen molar-refractivity contribution in [3.63, 3.8) is 0 Å². The number of aromatic nitrogens is 1. The second-order valence-corrected chi connectivity index (χ2v) is 8.77. The summed E-state index contributed by atoms with van der Waals surface area (Å²) in [6.07, 6.45) is 4.47. The molecule has 1 aromatic heterocycles. The van der Waals surface area contributed by atoms with E-state index in [2.05, 4.69) is 63.2 Å². The standard InChI is InChI=1S/C19H26N4S2.HI/c1-3-17-23-15(13-24-17)9-12-21-18(20-2)22-14-19(10-11-19)25-16-7-5-4-6-8-16;/h4-8,13H,3,9-12,14H2,1-2H3,(H2,20,21,22);1H. The Morgan fingerprint density at radius 2 is 2.04 bits per heavy atom. The molecule has 1 heterocycles. The molecule has 7 heteroatoms. The Morgan fingerprint density at radius 3 is 2.65 bits per heavy atom. The van der Waals surface area contributed by atoms with E-state index < -0.39 is 0 Å². The van der Waals surface area contributed by atoms with Gasteiger partial charge < -0.3 is 10.6 Å². The maximum Gasteiger partial charge on any atom is 0.191 e. The second kappa shape index (κ2) is 10.5. The third-order valence-electron chi connectivity index (χ3n) is 4.26. The summed E-state index contributed by atoms with van der Waals surface area (Å²) in [5, 5.41) is 10.3. The van der Waals surface area contributed by atoms with Gasteiger partial charge in [0, 0.05) is 41.6 Å². The number of aryl methyl sites for hydroxylation is 1. The van der Waals surface area contributed by atoms with Crippen LogP contribution in [0.15, 0.2) is 45.6 Å². The number of nitrogens with zero attached hydrogens (tertiary/aromatic N) is 2. The van der Waals surface area contributed by atoms with Crippen LogP contribution in [0.5, 0.6) is 0 Å². The lowest BCUT2D eigenvalue weighted by atomic mass is 10.3. The highest BCUT2D eigenvalue weighted by Gasteiger charge is 2.43. The SMILES string of the molecule is CCc1nc(CCNC(=NC)NCC2(Sc3ccccc3)CC2)cs1.I. The second-order valence-electron chi connectivity index (χ2n) is 6.29. The molecule has 26 heavy (non-hydrogen) atoms. The van der Waals surface area contributed by atoms with E-state index in [4.69, 9.17) is 0 Å². The molecule has 142 valence electrons. The summed E-state index contributed by atoms with van der Waals surface area (Å²) in [4.78, 5) is 10.3. The zero-order valence-corrected chi connectivity index (χ0v) is 19.3. The molecule has 1 aliphatic rings. The van der Waals surface area contributed by atoms with E-state index in [1.807, 2.05) is 18.8 Å². The van der Waals surface area contributed by atoms with Crippen LogP contribution in [0.4, 0.5) is 0 Å². The number of benzene rings is 1. The van der Waals surface area contributed by atoms with Gasteiger partial charge in [-0.25, -0.2) is 4.98 Å². The number of thioether (sulfide) groups is 1. The lowest BCUT2D eigenvalue weighted by Crippen LogP contribution is -2.41. The van der Waals surface area contributed by atoms with Gasteiger partial charge in [-0.1, -0.05) is 25.1 Å². The van der Waals surface area contributed by atoms with Crippen LogP contribution in [0.1, 0.15) is 30.5 Å². The molecule has 2 N–H and O–H groups in total. The quantitative estimate of drug-likeness (QED) is 0.320. The summed E-state index contributed by atoms with van der Waals surface area (Å²) < 4.78 is 0.323. The van der Waals surface area contributed by atoms with E-state index in [1.54, 1.807) is 11.3 Å². The van der Waals surface area contributed by atoms with Crippen LogP contribution >= 0.6 is 47.1 Å². The van der Waals surface area contributed by atoms with Crippen LogP contribution in [0.3, 0.4) is 0 Å². The van der Waals surface area contributed by atoms with Crippen LogP contribution in [0.2, 0.25) is 0 Å². The van der Waals surface area contributed by atoms with Gasteiger partial charge in [0.15, 0.2) is 5.96 Å². The number of aliphatic imine (C=N–C) groups is 1. The Labute approximate surface area is 181 Å². The molecule has 1 fully saturated rings. The molecule has 4 nitrogen and oxygen atoms in total. The van der Waals surface area contributed by atoms with Crippen molar-refractivity contribution in [3.8, 4) is 0 Å². The Kier molecular flexibility index (Phi) is 8.69. The van der Waals surface area contributed by atoms with Crippen molar-refractivity contribution in [3.05, 3.63) is 46.4 Å². The maximum atomic E-state index is 4.61. The van der Waals surface area contributed by atoms with Gasteiger partial charge in [-0.2, -0.15) is 0 Å². The molecule has 0 spiro atoms. The zero-order chi connectivity index (χ0) is 17.5. The predicted molar refractivity (Wildman–Crippen MR) is 124 cm³/mol. The monoisotopic (exact) mass is 502 g/mol. The lowest BCUT2D eigenvalue weighted by molar-refractivity contribution is 0.756. The molecule has 1 aromatic carbocycles. The highest BCUT2D eigenvalue weighted by Crippen LogP contribution is 2.51. The number of thiazole rings is 1. The Balaban J connectivity index is 0.00000243. The van der Waals surface area contributed by atoms with Gasteiger partial charge in [-0.15, -0.1) is 47.1 Å². The van der Waals surface area contributed by atoms with Crippen LogP contribution in [0, 0.1) is 0 Å². The molecule has 0 bridgehead atoms. The van der Waals surface area contributed by atoms with E-state index >= 15 is 0 Å². The molecular weight excluding hydrogens is 475 g/mol. The number of hydrogen-bond acceptors (Lipinski definition) is 4. The predicted octanol–water partition coefficient (Wildman–Crippen LogP) is 4.36. The molecule has 0 unspecified atom stereocenters. The van der Waals surface area contributed by atoms with Crippen LogP contribution in [-0.2, 0) is 12.8 Å². The average molecular weight is 502 g/mol. The molecule has 3 rings (SSSR count). The van der Waals surface area contributed by atoms with Gasteiger partial charge in [0.2, 0.25) is 0 Å². The van der Waals surface area contributed by atoms with E-state index in [9.17, 15) is 0 Å². The van der Waals surface area contributed by atoms with Crippen LogP contribution in [0.25, 0.3) is 0 Å². The van der Waals surface area contributed by atoms with E-state index in [0.717, 1.165) is 31.9 Å². The number of nitrogens with one attached hydrogen (secondary N) is 2. The molecule has 0 radical (unpaired) electrons. The van der Waals surface area contributed by atoms with Crippen molar-refractivity contribution in [1.29, 1.82) is 0 Å². The Morgan fingerprint density at radius 1 is 1.27 bits per heavy atom. The largest absolute Gasteiger partial charge is 0.356 e. The number of halogens is 1. The third kappa shape index (κ3) is 6.42. The highest BCUT2D eigenvalue weighted by atomic mass is 127. The molecule has 0 saturated heterocycles. The molecule has 0 aliphatic heterocycles. The zero-order valence-electron chi connectivity index (χ0n) is 15.3. The molecule has 1 saturated carbocycles. The van der Waals surface area contributed by atoms with Crippen molar-refractivity contribution >= 4 is 53.0 Å². The molecule has 2 aromatic rings. The highest BCUT2D eigenvalue weighted by molar-refractivity contribution is 14.0. The van der Waals surface area contributed by atoms with Crippen molar-refractivity contribution < 1.29 is 0 Å².